The molecule has 0 aliphatic heterocycles. The molecule has 2 N–H and O–H groups in total. The lowest BCUT2D eigenvalue weighted by atomic mass is 10.1. The SMILES string of the molecule is CCC(=O)Nc1ccc(SCC(=O)Nc2ccc(C)cc2C)nn1. The fraction of sp³-hybridized carbons (Fsp3) is 0.294. The molecule has 0 saturated heterocycles. The van der Waals surface area contributed by atoms with E-state index in [-0.39, 0.29) is 17.6 Å². The van der Waals surface area contributed by atoms with Gasteiger partial charge in [-0.25, -0.2) is 0 Å². The van der Waals surface area contributed by atoms with Gasteiger partial charge in [0.1, 0.15) is 5.03 Å². The second-order valence-electron chi connectivity index (χ2n) is 5.31. The van der Waals surface area contributed by atoms with Crippen LogP contribution < -0.4 is 10.6 Å². The molecule has 2 aromatic rings. The van der Waals surface area contributed by atoms with E-state index in [2.05, 4.69) is 20.8 Å². The van der Waals surface area contributed by atoms with E-state index in [0.29, 0.717) is 17.3 Å². The third kappa shape index (κ3) is 5.34. The van der Waals surface area contributed by atoms with Crippen molar-refractivity contribution >= 4 is 35.1 Å². The highest BCUT2D eigenvalue weighted by atomic mass is 32.2. The van der Waals surface area contributed by atoms with Crippen molar-refractivity contribution in [2.45, 2.75) is 32.2 Å². The zero-order valence-corrected chi connectivity index (χ0v) is 14.7. The first kappa shape index (κ1) is 17.9. The molecule has 0 bridgehead atoms. The van der Waals surface area contributed by atoms with Crippen molar-refractivity contribution in [3.8, 4) is 0 Å². The van der Waals surface area contributed by atoms with Crippen LogP contribution in [-0.4, -0.2) is 27.8 Å². The summed E-state index contributed by atoms with van der Waals surface area (Å²) in [5, 5.41) is 14.0. The number of nitrogens with zero attached hydrogens (tertiary/aromatic N) is 2. The van der Waals surface area contributed by atoms with Crippen LogP contribution in [0.2, 0.25) is 0 Å². The Labute approximate surface area is 145 Å². The van der Waals surface area contributed by atoms with Crippen LogP contribution in [0, 0.1) is 13.8 Å². The molecular formula is C17H20N4O2S. The van der Waals surface area contributed by atoms with Crippen LogP contribution in [0.3, 0.4) is 0 Å². The minimum Gasteiger partial charge on any atom is -0.325 e. The van der Waals surface area contributed by atoms with E-state index in [4.69, 9.17) is 0 Å². The maximum absolute atomic E-state index is 12.0. The van der Waals surface area contributed by atoms with Crippen molar-refractivity contribution in [3.63, 3.8) is 0 Å². The number of aromatic nitrogens is 2. The molecule has 0 spiro atoms. The number of aryl methyl sites for hydroxylation is 2. The highest BCUT2D eigenvalue weighted by Crippen LogP contribution is 2.19. The standard InChI is InChI=1S/C17H20N4O2S/c1-4-15(22)19-14-7-8-17(21-20-14)24-10-16(23)18-13-6-5-11(2)9-12(13)3/h5-9H,4,10H2,1-3H3,(H,18,23)(H,19,20,22). The fourth-order valence-corrected chi connectivity index (χ4v) is 2.59. The maximum Gasteiger partial charge on any atom is 0.234 e. The Morgan fingerprint density at radius 1 is 1.04 bits per heavy atom. The number of hydrogen-bond acceptors (Lipinski definition) is 5. The lowest BCUT2D eigenvalue weighted by Gasteiger charge is -2.09. The molecule has 0 saturated carbocycles. The van der Waals surface area contributed by atoms with Crippen molar-refractivity contribution in [1.29, 1.82) is 0 Å². The smallest absolute Gasteiger partial charge is 0.234 e. The Morgan fingerprint density at radius 3 is 2.46 bits per heavy atom. The molecule has 1 aromatic heterocycles. The second-order valence-corrected chi connectivity index (χ2v) is 6.31. The van der Waals surface area contributed by atoms with Crippen molar-refractivity contribution in [1.82, 2.24) is 10.2 Å². The van der Waals surface area contributed by atoms with Crippen LogP contribution in [0.25, 0.3) is 0 Å². The molecule has 6 nitrogen and oxygen atoms in total. The number of carbonyl (C=O) groups excluding carboxylic acids is 2. The molecule has 0 aliphatic rings. The quantitative estimate of drug-likeness (QED) is 0.786. The van der Waals surface area contributed by atoms with Crippen LogP contribution in [0.5, 0.6) is 0 Å². The minimum absolute atomic E-state index is 0.0999. The average Bonchev–Trinajstić information content (AvgIpc) is 2.56. The number of hydrogen-bond donors (Lipinski definition) is 2. The molecule has 1 aromatic carbocycles. The van der Waals surface area contributed by atoms with Gasteiger partial charge in [0.05, 0.1) is 5.75 Å². The summed E-state index contributed by atoms with van der Waals surface area (Å²) < 4.78 is 0. The summed E-state index contributed by atoms with van der Waals surface area (Å²) in [6.07, 6.45) is 0.386. The van der Waals surface area contributed by atoms with E-state index in [1.807, 2.05) is 32.0 Å². The lowest BCUT2D eigenvalue weighted by molar-refractivity contribution is -0.116. The first-order chi connectivity index (χ1) is 11.5. The van der Waals surface area contributed by atoms with Crippen LogP contribution >= 0.6 is 11.8 Å². The molecule has 126 valence electrons. The molecular weight excluding hydrogens is 324 g/mol. The lowest BCUT2D eigenvalue weighted by Crippen LogP contribution is -2.15. The van der Waals surface area contributed by atoms with Crippen LogP contribution in [0.15, 0.2) is 35.4 Å². The third-order valence-corrected chi connectivity index (χ3v) is 4.16. The molecule has 2 rings (SSSR count). The van der Waals surface area contributed by atoms with Crippen LogP contribution in [0.4, 0.5) is 11.5 Å². The largest absolute Gasteiger partial charge is 0.325 e. The number of amides is 2. The number of benzene rings is 1. The number of nitrogens with one attached hydrogen (secondary N) is 2. The van der Waals surface area contributed by atoms with Crippen LogP contribution in [0.1, 0.15) is 24.5 Å². The second kappa shape index (κ2) is 8.44. The first-order valence-corrected chi connectivity index (χ1v) is 8.60. The highest BCUT2D eigenvalue weighted by Gasteiger charge is 2.07. The molecule has 0 unspecified atom stereocenters. The van der Waals surface area contributed by atoms with E-state index in [1.54, 1.807) is 19.1 Å². The topological polar surface area (TPSA) is 84.0 Å². The van der Waals surface area contributed by atoms with E-state index < -0.39 is 0 Å². The maximum atomic E-state index is 12.0. The van der Waals surface area contributed by atoms with Crippen molar-refractivity contribution < 1.29 is 9.59 Å². The molecule has 0 radical (unpaired) electrons. The predicted octanol–water partition coefficient (Wildman–Crippen LogP) is 3.17. The van der Waals surface area contributed by atoms with Crippen molar-refractivity contribution in [2.75, 3.05) is 16.4 Å². The van der Waals surface area contributed by atoms with Gasteiger partial charge < -0.3 is 10.6 Å². The van der Waals surface area contributed by atoms with Gasteiger partial charge in [0.2, 0.25) is 11.8 Å². The number of carbonyl (C=O) groups is 2. The Kier molecular flexibility index (Phi) is 6.31. The van der Waals surface area contributed by atoms with Crippen LogP contribution in [-0.2, 0) is 9.59 Å². The Bertz CT molecular complexity index is 732. The van der Waals surface area contributed by atoms with Crippen molar-refractivity contribution in [2.24, 2.45) is 0 Å². The van der Waals surface area contributed by atoms with Gasteiger partial charge in [-0.1, -0.05) is 36.4 Å². The van der Waals surface area contributed by atoms with Gasteiger partial charge in [0.25, 0.3) is 0 Å². The monoisotopic (exact) mass is 344 g/mol. The molecule has 24 heavy (non-hydrogen) atoms. The molecule has 7 heteroatoms. The summed E-state index contributed by atoms with van der Waals surface area (Å²) in [6, 6.07) is 9.29. The van der Waals surface area contributed by atoms with E-state index in [1.165, 1.54) is 11.8 Å². The fourth-order valence-electron chi connectivity index (χ4n) is 1.97. The molecule has 2 amide bonds. The van der Waals surface area contributed by atoms with Gasteiger partial charge in [0.15, 0.2) is 5.82 Å². The normalized spacial score (nSPS) is 10.3. The zero-order valence-electron chi connectivity index (χ0n) is 13.9. The summed E-state index contributed by atoms with van der Waals surface area (Å²) in [5.41, 5.74) is 3.00. The van der Waals surface area contributed by atoms with Crippen molar-refractivity contribution in [3.05, 3.63) is 41.5 Å². The summed E-state index contributed by atoms with van der Waals surface area (Å²) >= 11 is 1.29. The Balaban J connectivity index is 1.86. The Morgan fingerprint density at radius 2 is 1.83 bits per heavy atom. The molecule has 0 aliphatic carbocycles. The van der Waals surface area contributed by atoms with Gasteiger partial charge in [0, 0.05) is 12.1 Å². The highest BCUT2D eigenvalue weighted by molar-refractivity contribution is 7.99. The van der Waals surface area contributed by atoms with Gasteiger partial charge >= 0.3 is 0 Å². The molecule has 0 fully saturated rings. The number of thioether (sulfide) groups is 1. The van der Waals surface area contributed by atoms with Gasteiger partial charge in [-0.3, -0.25) is 9.59 Å². The Hall–Kier alpha value is -2.41. The molecule has 1 heterocycles. The first-order valence-electron chi connectivity index (χ1n) is 7.61. The number of rotatable bonds is 6. The zero-order chi connectivity index (χ0) is 17.5. The van der Waals surface area contributed by atoms with Gasteiger partial charge in [-0.15, -0.1) is 10.2 Å². The predicted molar refractivity (Wildman–Crippen MR) is 96.2 cm³/mol. The van der Waals surface area contributed by atoms with Gasteiger partial charge in [-0.2, -0.15) is 0 Å². The minimum atomic E-state index is -0.113. The number of anilines is 2. The summed E-state index contributed by atoms with van der Waals surface area (Å²) in [5.74, 6) is 0.434. The van der Waals surface area contributed by atoms with E-state index in [9.17, 15) is 9.59 Å². The summed E-state index contributed by atoms with van der Waals surface area (Å²) in [7, 11) is 0. The third-order valence-electron chi connectivity index (χ3n) is 3.24. The molecule has 0 atom stereocenters. The average molecular weight is 344 g/mol. The van der Waals surface area contributed by atoms with E-state index in [0.717, 1.165) is 16.8 Å². The van der Waals surface area contributed by atoms with Gasteiger partial charge in [-0.05, 0) is 37.6 Å². The van der Waals surface area contributed by atoms with E-state index >= 15 is 0 Å². The summed E-state index contributed by atoms with van der Waals surface area (Å²) in [6.45, 7) is 5.74. The summed E-state index contributed by atoms with van der Waals surface area (Å²) in [4.78, 5) is 23.3.